The summed E-state index contributed by atoms with van der Waals surface area (Å²) in [4.78, 5) is 15.5. The zero-order valence-electron chi connectivity index (χ0n) is 20.8. The van der Waals surface area contributed by atoms with Crippen molar-refractivity contribution in [3.05, 3.63) is 93.7 Å². The molecule has 1 aromatic heterocycles. The summed E-state index contributed by atoms with van der Waals surface area (Å²) in [6, 6.07) is 16.5. The number of rotatable bonds is 6. The Balaban J connectivity index is 1.69. The minimum Gasteiger partial charge on any atom is -0.507 e. The number of carbonyl (C=O) groups is 1. The highest BCUT2D eigenvalue weighted by atomic mass is 16.5. The predicted octanol–water partition coefficient (Wildman–Crippen LogP) is 5.56. The van der Waals surface area contributed by atoms with E-state index in [0.717, 1.165) is 27.8 Å². The fourth-order valence-electron chi connectivity index (χ4n) is 4.91. The van der Waals surface area contributed by atoms with Gasteiger partial charge in [0.2, 0.25) is 0 Å². The lowest BCUT2D eigenvalue weighted by Gasteiger charge is -2.27. The van der Waals surface area contributed by atoms with Crippen LogP contribution in [-0.2, 0) is 6.54 Å². The summed E-state index contributed by atoms with van der Waals surface area (Å²) in [6.07, 6.45) is 0. The summed E-state index contributed by atoms with van der Waals surface area (Å²) in [6.45, 7) is 8.47. The molecule has 0 fully saturated rings. The number of carbonyl (C=O) groups excluding carboxylic acids is 1. The lowest BCUT2D eigenvalue weighted by Crippen LogP contribution is -2.29. The quantitative estimate of drug-likeness (QED) is 0.334. The van der Waals surface area contributed by atoms with Crippen LogP contribution in [0.5, 0.6) is 17.2 Å². The van der Waals surface area contributed by atoms with E-state index in [1.54, 1.807) is 23.1 Å². The summed E-state index contributed by atoms with van der Waals surface area (Å²) in [5, 5.41) is 28.7. The molecule has 0 radical (unpaired) electrons. The van der Waals surface area contributed by atoms with E-state index in [9.17, 15) is 15.0 Å². The Bertz CT molecular complexity index is 1460. The van der Waals surface area contributed by atoms with Gasteiger partial charge in [0.05, 0.1) is 12.6 Å². The summed E-state index contributed by atoms with van der Waals surface area (Å²) in [5.41, 5.74) is 6.84. The highest BCUT2D eigenvalue weighted by molar-refractivity contribution is 6.00. The molecule has 5 rings (SSSR count). The maximum Gasteiger partial charge on any atom is 0.273 e. The molecular weight excluding hydrogens is 454 g/mol. The van der Waals surface area contributed by atoms with Crippen LogP contribution in [0.3, 0.4) is 0 Å². The number of aromatic amines is 1. The van der Waals surface area contributed by atoms with E-state index < -0.39 is 6.04 Å². The first-order chi connectivity index (χ1) is 17.3. The number of fused-ring (bicyclic) bond motifs is 1. The first-order valence-corrected chi connectivity index (χ1v) is 12.0. The molecule has 7 nitrogen and oxygen atoms in total. The van der Waals surface area contributed by atoms with Crippen molar-refractivity contribution >= 4 is 5.91 Å². The second kappa shape index (κ2) is 9.07. The van der Waals surface area contributed by atoms with Gasteiger partial charge in [0, 0.05) is 17.7 Å². The Morgan fingerprint density at radius 1 is 1.00 bits per heavy atom. The Labute approximate surface area is 210 Å². The minimum absolute atomic E-state index is 0.0367. The number of H-pyrrole nitrogens is 1. The van der Waals surface area contributed by atoms with E-state index in [1.807, 2.05) is 64.1 Å². The molecule has 36 heavy (non-hydrogen) atoms. The van der Waals surface area contributed by atoms with Crippen molar-refractivity contribution in [1.29, 1.82) is 0 Å². The van der Waals surface area contributed by atoms with Gasteiger partial charge in [-0.3, -0.25) is 9.89 Å². The molecule has 1 aliphatic heterocycles. The second-order valence-electron chi connectivity index (χ2n) is 9.32. The maximum atomic E-state index is 13.7. The van der Waals surface area contributed by atoms with E-state index >= 15 is 0 Å². The van der Waals surface area contributed by atoms with E-state index in [1.165, 1.54) is 0 Å². The van der Waals surface area contributed by atoms with Crippen molar-refractivity contribution in [3.8, 4) is 28.5 Å². The van der Waals surface area contributed by atoms with Crippen molar-refractivity contribution in [1.82, 2.24) is 15.1 Å². The fraction of sp³-hybridized carbons (Fsp3) is 0.241. The number of hydrogen-bond donors (Lipinski definition) is 3. The molecule has 4 aromatic rings. The molecule has 0 bridgehead atoms. The predicted molar refractivity (Wildman–Crippen MR) is 137 cm³/mol. The third kappa shape index (κ3) is 3.96. The number of phenols is 2. The topological polar surface area (TPSA) is 98.7 Å². The number of nitrogens with zero attached hydrogens (tertiary/aromatic N) is 2. The standard InChI is InChI=1S/C29H29N3O4/c1-5-36-23-14-20(10-11-22(23)33)27-24-25(21-13-17(3)12-18(4)28(21)34)30-31-26(24)29(35)32(27)15-19-8-6-16(2)7-9-19/h6-14,27,33-34H,5,15H2,1-4H3,(H,30,31). The highest BCUT2D eigenvalue weighted by Gasteiger charge is 2.43. The molecule has 0 saturated heterocycles. The van der Waals surface area contributed by atoms with E-state index in [2.05, 4.69) is 10.2 Å². The summed E-state index contributed by atoms with van der Waals surface area (Å²) in [5.74, 6) is 0.350. The van der Waals surface area contributed by atoms with E-state index in [-0.39, 0.29) is 17.4 Å². The largest absolute Gasteiger partial charge is 0.507 e. The van der Waals surface area contributed by atoms with Gasteiger partial charge in [-0.15, -0.1) is 0 Å². The Morgan fingerprint density at radius 3 is 2.47 bits per heavy atom. The fourth-order valence-corrected chi connectivity index (χ4v) is 4.91. The van der Waals surface area contributed by atoms with Crippen LogP contribution in [0.2, 0.25) is 0 Å². The first-order valence-electron chi connectivity index (χ1n) is 12.0. The smallest absolute Gasteiger partial charge is 0.273 e. The van der Waals surface area contributed by atoms with Gasteiger partial charge in [-0.2, -0.15) is 5.10 Å². The lowest BCUT2D eigenvalue weighted by molar-refractivity contribution is 0.0730. The molecule has 1 aliphatic rings. The van der Waals surface area contributed by atoms with E-state index in [4.69, 9.17) is 4.74 Å². The first kappa shape index (κ1) is 23.5. The number of benzene rings is 3. The number of nitrogens with one attached hydrogen (secondary N) is 1. The number of amides is 1. The number of aromatic hydroxyl groups is 2. The third-order valence-corrected chi connectivity index (χ3v) is 6.64. The van der Waals surface area contributed by atoms with E-state index in [0.29, 0.717) is 41.4 Å². The van der Waals surface area contributed by atoms with Gasteiger partial charge in [0.25, 0.3) is 5.91 Å². The SMILES string of the molecule is CCOc1cc(C2c3c(-c4cc(C)cc(C)c4O)n[nH]c3C(=O)N2Cc2ccc(C)cc2)ccc1O. The van der Waals surface area contributed by atoms with Crippen LogP contribution < -0.4 is 4.74 Å². The van der Waals surface area contributed by atoms with Crippen molar-refractivity contribution in [2.45, 2.75) is 40.3 Å². The maximum absolute atomic E-state index is 13.7. The average Bonchev–Trinajstić information content (AvgIpc) is 3.38. The van der Waals surface area contributed by atoms with Crippen molar-refractivity contribution in [2.75, 3.05) is 6.61 Å². The molecule has 3 N–H and O–H groups in total. The Morgan fingerprint density at radius 2 is 1.75 bits per heavy atom. The summed E-state index contributed by atoms with van der Waals surface area (Å²) < 4.78 is 5.65. The van der Waals surface area contributed by atoms with Crippen LogP contribution in [0.4, 0.5) is 0 Å². The molecular formula is C29H29N3O4. The van der Waals surface area contributed by atoms with Crippen molar-refractivity contribution in [2.24, 2.45) is 0 Å². The number of phenolic OH excluding ortho intramolecular Hbond substituents is 2. The lowest BCUT2D eigenvalue weighted by atomic mass is 9.93. The zero-order valence-corrected chi connectivity index (χ0v) is 20.8. The Kier molecular flexibility index (Phi) is 5.92. The zero-order chi connectivity index (χ0) is 25.6. The van der Waals surface area contributed by atoms with Gasteiger partial charge < -0.3 is 19.8 Å². The van der Waals surface area contributed by atoms with Gasteiger partial charge in [-0.1, -0.05) is 42.0 Å². The van der Waals surface area contributed by atoms with Crippen molar-refractivity contribution < 1.29 is 19.7 Å². The van der Waals surface area contributed by atoms with Gasteiger partial charge >= 0.3 is 0 Å². The number of hydrogen-bond acceptors (Lipinski definition) is 5. The van der Waals surface area contributed by atoms with Crippen LogP contribution in [-0.4, -0.2) is 37.8 Å². The Hall–Kier alpha value is -4.26. The molecule has 1 unspecified atom stereocenters. The van der Waals surface area contributed by atoms with Crippen molar-refractivity contribution in [3.63, 3.8) is 0 Å². The molecule has 0 aliphatic carbocycles. The normalized spacial score (nSPS) is 14.8. The summed E-state index contributed by atoms with van der Waals surface area (Å²) >= 11 is 0. The van der Waals surface area contributed by atoms with Crippen LogP contribution in [0.15, 0.2) is 54.6 Å². The van der Waals surface area contributed by atoms with Gasteiger partial charge in [0.15, 0.2) is 11.5 Å². The highest BCUT2D eigenvalue weighted by Crippen LogP contribution is 2.47. The second-order valence-corrected chi connectivity index (χ2v) is 9.32. The molecule has 0 saturated carbocycles. The number of aromatic nitrogens is 2. The molecule has 1 atom stereocenters. The number of aryl methyl sites for hydroxylation is 3. The average molecular weight is 484 g/mol. The monoisotopic (exact) mass is 483 g/mol. The van der Waals surface area contributed by atoms with Gasteiger partial charge in [-0.25, -0.2) is 0 Å². The molecule has 2 heterocycles. The summed E-state index contributed by atoms with van der Waals surface area (Å²) in [7, 11) is 0. The molecule has 184 valence electrons. The van der Waals surface area contributed by atoms with Crippen LogP contribution in [0.1, 0.15) is 56.8 Å². The van der Waals surface area contributed by atoms with Crippen LogP contribution in [0, 0.1) is 20.8 Å². The third-order valence-electron chi connectivity index (χ3n) is 6.64. The molecule has 0 spiro atoms. The van der Waals surface area contributed by atoms with Crippen LogP contribution in [0.25, 0.3) is 11.3 Å². The molecule has 1 amide bonds. The molecule has 3 aromatic carbocycles. The molecule has 7 heteroatoms. The van der Waals surface area contributed by atoms with Gasteiger partial charge in [0.1, 0.15) is 17.1 Å². The van der Waals surface area contributed by atoms with Gasteiger partial charge in [-0.05, 0) is 68.1 Å². The minimum atomic E-state index is -0.498. The number of ether oxygens (including phenoxy) is 1. The van der Waals surface area contributed by atoms with Crippen LogP contribution >= 0.6 is 0 Å².